The van der Waals surface area contributed by atoms with E-state index in [9.17, 15) is 4.39 Å². The van der Waals surface area contributed by atoms with Crippen LogP contribution < -0.4 is 10.5 Å². The lowest BCUT2D eigenvalue weighted by Crippen LogP contribution is -2.02. The largest absolute Gasteiger partial charge is 0.419 e. The van der Waals surface area contributed by atoms with E-state index in [1.54, 1.807) is 6.07 Å². The minimum absolute atomic E-state index is 0.0391. The van der Waals surface area contributed by atoms with Crippen molar-refractivity contribution in [2.24, 2.45) is 0 Å². The molecule has 100 valence electrons. The first-order chi connectivity index (χ1) is 8.97. The Labute approximate surface area is 111 Å². The summed E-state index contributed by atoms with van der Waals surface area (Å²) in [5.74, 6) is -0.332. The highest BCUT2D eigenvalue weighted by Crippen LogP contribution is 2.29. The van der Waals surface area contributed by atoms with Gasteiger partial charge in [-0.1, -0.05) is 19.9 Å². The molecule has 0 saturated heterocycles. The summed E-state index contributed by atoms with van der Waals surface area (Å²) < 4.78 is 19.0. The first kappa shape index (κ1) is 13.3. The Balaban J connectivity index is 2.38. The quantitative estimate of drug-likeness (QED) is 0.860. The molecule has 0 fully saturated rings. The van der Waals surface area contributed by atoms with Crippen molar-refractivity contribution >= 4 is 5.69 Å². The molecule has 0 atom stereocenters. The average Bonchev–Trinajstić information content (AvgIpc) is 2.33. The van der Waals surface area contributed by atoms with E-state index in [1.165, 1.54) is 12.1 Å². The molecular weight excluding hydrogens is 245 g/mol. The molecule has 2 aromatic rings. The first-order valence-electron chi connectivity index (χ1n) is 6.05. The van der Waals surface area contributed by atoms with Crippen LogP contribution in [0, 0.1) is 12.7 Å². The number of aryl methyl sites for hydroxylation is 1. The van der Waals surface area contributed by atoms with Crippen LogP contribution in [0.2, 0.25) is 0 Å². The fraction of sp³-hybridized carbons (Fsp3) is 0.286. The van der Waals surface area contributed by atoms with Crippen LogP contribution in [0.15, 0.2) is 24.3 Å². The fourth-order valence-electron chi connectivity index (χ4n) is 1.63. The second-order valence-electron chi connectivity index (χ2n) is 4.63. The molecule has 1 aromatic heterocycles. The van der Waals surface area contributed by atoms with Crippen LogP contribution in [0.4, 0.5) is 10.1 Å². The van der Waals surface area contributed by atoms with Crippen LogP contribution in [-0.4, -0.2) is 9.97 Å². The maximum atomic E-state index is 13.6. The SMILES string of the molecule is Cc1cc(C(C)C)nc(Oc2c(N)cccc2F)n1. The van der Waals surface area contributed by atoms with E-state index >= 15 is 0 Å². The number of anilines is 1. The predicted octanol–water partition coefficient (Wildman–Crippen LogP) is 3.42. The normalized spacial score (nSPS) is 10.8. The van der Waals surface area contributed by atoms with Gasteiger partial charge in [-0.3, -0.25) is 0 Å². The highest BCUT2D eigenvalue weighted by molar-refractivity contribution is 5.53. The molecule has 0 radical (unpaired) electrons. The lowest BCUT2D eigenvalue weighted by Gasteiger charge is -2.11. The van der Waals surface area contributed by atoms with E-state index in [1.807, 2.05) is 26.8 Å². The Kier molecular flexibility index (Phi) is 3.64. The highest BCUT2D eigenvalue weighted by Gasteiger charge is 2.12. The molecule has 0 aliphatic heterocycles. The van der Waals surface area contributed by atoms with Gasteiger partial charge in [0.15, 0.2) is 11.6 Å². The zero-order valence-electron chi connectivity index (χ0n) is 11.1. The van der Waals surface area contributed by atoms with E-state index in [2.05, 4.69) is 9.97 Å². The maximum Gasteiger partial charge on any atom is 0.322 e. The van der Waals surface area contributed by atoms with Crippen molar-refractivity contribution in [2.75, 3.05) is 5.73 Å². The summed E-state index contributed by atoms with van der Waals surface area (Å²) in [5, 5.41) is 0. The van der Waals surface area contributed by atoms with Gasteiger partial charge in [-0.15, -0.1) is 0 Å². The molecule has 4 nitrogen and oxygen atoms in total. The lowest BCUT2D eigenvalue weighted by atomic mass is 10.1. The van der Waals surface area contributed by atoms with Crippen molar-refractivity contribution in [3.8, 4) is 11.8 Å². The monoisotopic (exact) mass is 261 g/mol. The van der Waals surface area contributed by atoms with Crippen LogP contribution in [-0.2, 0) is 0 Å². The zero-order valence-corrected chi connectivity index (χ0v) is 11.1. The molecule has 0 aliphatic rings. The Hall–Kier alpha value is -2.17. The number of ether oxygens (including phenoxy) is 1. The Morgan fingerprint density at radius 3 is 2.63 bits per heavy atom. The van der Waals surface area contributed by atoms with Gasteiger partial charge in [-0.05, 0) is 31.0 Å². The minimum Gasteiger partial charge on any atom is -0.419 e. The molecule has 2 N–H and O–H groups in total. The highest BCUT2D eigenvalue weighted by atomic mass is 19.1. The lowest BCUT2D eigenvalue weighted by molar-refractivity contribution is 0.409. The van der Waals surface area contributed by atoms with Gasteiger partial charge < -0.3 is 10.5 Å². The Morgan fingerprint density at radius 1 is 1.26 bits per heavy atom. The summed E-state index contributed by atoms with van der Waals surface area (Å²) in [6, 6.07) is 6.36. The summed E-state index contributed by atoms with van der Waals surface area (Å²) in [4.78, 5) is 8.39. The van der Waals surface area contributed by atoms with Crippen molar-refractivity contribution in [1.82, 2.24) is 9.97 Å². The van der Waals surface area contributed by atoms with Gasteiger partial charge in [0.2, 0.25) is 0 Å². The summed E-state index contributed by atoms with van der Waals surface area (Å²) in [5.41, 5.74) is 7.52. The number of para-hydroxylation sites is 1. The van der Waals surface area contributed by atoms with Crippen molar-refractivity contribution in [2.45, 2.75) is 26.7 Å². The van der Waals surface area contributed by atoms with Gasteiger partial charge in [-0.2, -0.15) is 4.98 Å². The Bertz CT molecular complexity index is 579. The molecule has 0 spiro atoms. The zero-order chi connectivity index (χ0) is 14.0. The van der Waals surface area contributed by atoms with Gasteiger partial charge in [0, 0.05) is 5.69 Å². The molecule has 1 heterocycles. The van der Waals surface area contributed by atoms with Crippen molar-refractivity contribution < 1.29 is 9.13 Å². The van der Waals surface area contributed by atoms with E-state index < -0.39 is 5.82 Å². The first-order valence-corrected chi connectivity index (χ1v) is 6.05. The van der Waals surface area contributed by atoms with Crippen LogP contribution in [0.5, 0.6) is 11.8 Å². The number of hydrogen-bond donors (Lipinski definition) is 1. The average molecular weight is 261 g/mol. The summed E-state index contributed by atoms with van der Waals surface area (Å²) in [6.07, 6.45) is 0. The van der Waals surface area contributed by atoms with E-state index in [0.717, 1.165) is 11.4 Å². The molecule has 5 heteroatoms. The fourth-order valence-corrected chi connectivity index (χ4v) is 1.63. The molecule has 1 aromatic carbocycles. The molecule has 0 saturated carbocycles. The van der Waals surface area contributed by atoms with Crippen molar-refractivity contribution in [1.29, 1.82) is 0 Å². The summed E-state index contributed by atoms with van der Waals surface area (Å²) >= 11 is 0. The number of rotatable bonds is 3. The van der Waals surface area contributed by atoms with Crippen LogP contribution >= 0.6 is 0 Å². The van der Waals surface area contributed by atoms with E-state index in [0.29, 0.717) is 0 Å². The van der Waals surface area contributed by atoms with Gasteiger partial charge in [0.05, 0.1) is 11.4 Å². The standard InChI is InChI=1S/C14H16FN3O/c1-8(2)12-7-9(3)17-14(18-12)19-13-10(15)5-4-6-11(13)16/h4-8H,16H2,1-3H3. The third-order valence-electron chi connectivity index (χ3n) is 2.64. The Morgan fingerprint density at radius 2 is 2.00 bits per heavy atom. The third-order valence-corrected chi connectivity index (χ3v) is 2.64. The molecule has 0 bridgehead atoms. The van der Waals surface area contributed by atoms with Gasteiger partial charge in [-0.25, -0.2) is 9.37 Å². The number of nitrogens with zero attached hydrogens (tertiary/aromatic N) is 2. The van der Waals surface area contributed by atoms with E-state index in [-0.39, 0.29) is 23.4 Å². The number of nitrogen functional groups attached to an aromatic ring is 1. The van der Waals surface area contributed by atoms with Crippen molar-refractivity contribution in [3.63, 3.8) is 0 Å². The van der Waals surface area contributed by atoms with Gasteiger partial charge >= 0.3 is 6.01 Å². The molecule has 0 aliphatic carbocycles. The maximum absolute atomic E-state index is 13.6. The molecular formula is C14H16FN3O. The summed E-state index contributed by atoms with van der Waals surface area (Å²) in [6.45, 7) is 5.87. The van der Waals surface area contributed by atoms with Crippen LogP contribution in [0.3, 0.4) is 0 Å². The van der Waals surface area contributed by atoms with Crippen LogP contribution in [0.25, 0.3) is 0 Å². The van der Waals surface area contributed by atoms with Crippen molar-refractivity contribution in [3.05, 3.63) is 41.5 Å². The second kappa shape index (κ2) is 5.22. The van der Waals surface area contributed by atoms with Crippen LogP contribution in [0.1, 0.15) is 31.2 Å². The number of nitrogens with two attached hydrogens (primary N) is 1. The third kappa shape index (κ3) is 2.99. The van der Waals surface area contributed by atoms with E-state index in [4.69, 9.17) is 10.5 Å². The number of aromatic nitrogens is 2. The summed E-state index contributed by atoms with van der Waals surface area (Å²) in [7, 11) is 0. The number of hydrogen-bond acceptors (Lipinski definition) is 4. The van der Waals surface area contributed by atoms with Gasteiger partial charge in [0.1, 0.15) is 0 Å². The predicted molar refractivity (Wildman–Crippen MR) is 71.7 cm³/mol. The van der Waals surface area contributed by atoms with Gasteiger partial charge in [0.25, 0.3) is 0 Å². The molecule has 19 heavy (non-hydrogen) atoms. The topological polar surface area (TPSA) is 61.0 Å². The molecule has 0 unspecified atom stereocenters. The molecule has 2 rings (SSSR count). The smallest absolute Gasteiger partial charge is 0.322 e. The number of halogens is 1. The minimum atomic E-state index is -0.531. The number of benzene rings is 1. The second-order valence-corrected chi connectivity index (χ2v) is 4.63. The molecule has 0 amide bonds.